The van der Waals surface area contributed by atoms with E-state index in [1.807, 2.05) is 13.1 Å². The van der Waals surface area contributed by atoms with Gasteiger partial charge in [-0.15, -0.1) is 24.0 Å². The molecule has 2 N–H and O–H groups in total. The number of halogens is 1. The second-order valence-corrected chi connectivity index (χ2v) is 7.51. The average molecular weight is 488 g/mol. The van der Waals surface area contributed by atoms with Crippen molar-refractivity contribution >= 4 is 35.6 Å². The maximum absolute atomic E-state index is 5.83. The molecule has 7 heteroatoms. The molecule has 0 aliphatic carbocycles. The predicted octanol–water partition coefficient (Wildman–Crippen LogP) is 2.87. The van der Waals surface area contributed by atoms with Crippen LogP contribution >= 0.6 is 24.0 Å². The molecule has 2 atom stereocenters. The molecule has 2 fully saturated rings. The number of ether oxygens (including phenoxy) is 2. The van der Waals surface area contributed by atoms with E-state index in [0.29, 0.717) is 5.92 Å². The van der Waals surface area contributed by atoms with Gasteiger partial charge in [0.25, 0.3) is 0 Å². The Morgan fingerprint density at radius 2 is 2.26 bits per heavy atom. The molecule has 6 nitrogen and oxygen atoms in total. The zero-order valence-corrected chi connectivity index (χ0v) is 19.0. The Kier molecular flexibility index (Phi) is 8.47. The van der Waals surface area contributed by atoms with E-state index < -0.39 is 0 Å². The summed E-state index contributed by atoms with van der Waals surface area (Å²) >= 11 is 0. The van der Waals surface area contributed by atoms with Crippen LogP contribution in [-0.2, 0) is 4.74 Å². The third-order valence-corrected chi connectivity index (χ3v) is 5.42. The first-order valence-electron chi connectivity index (χ1n) is 9.59. The van der Waals surface area contributed by atoms with Gasteiger partial charge >= 0.3 is 0 Å². The van der Waals surface area contributed by atoms with Crippen molar-refractivity contribution in [1.29, 1.82) is 0 Å². The first-order valence-corrected chi connectivity index (χ1v) is 9.59. The van der Waals surface area contributed by atoms with Crippen LogP contribution in [0.2, 0.25) is 0 Å². The topological polar surface area (TPSA) is 58.1 Å². The Morgan fingerprint density at radius 1 is 1.41 bits per heavy atom. The molecule has 2 unspecified atom stereocenters. The molecule has 2 saturated heterocycles. The van der Waals surface area contributed by atoms with Gasteiger partial charge in [-0.05, 0) is 44.2 Å². The molecule has 27 heavy (non-hydrogen) atoms. The number of anilines is 1. The minimum absolute atomic E-state index is 0. The van der Waals surface area contributed by atoms with Gasteiger partial charge in [0.1, 0.15) is 5.75 Å². The second-order valence-electron chi connectivity index (χ2n) is 7.51. The molecule has 2 heterocycles. The van der Waals surface area contributed by atoms with Crippen molar-refractivity contribution in [3.05, 3.63) is 24.3 Å². The van der Waals surface area contributed by atoms with Gasteiger partial charge in [-0.3, -0.25) is 4.99 Å². The maximum Gasteiger partial charge on any atom is 0.191 e. The Bertz CT molecular complexity index is 620. The number of hydrogen-bond donors (Lipinski definition) is 2. The van der Waals surface area contributed by atoms with Crippen molar-refractivity contribution in [3.8, 4) is 5.75 Å². The highest BCUT2D eigenvalue weighted by molar-refractivity contribution is 14.0. The van der Waals surface area contributed by atoms with E-state index >= 15 is 0 Å². The lowest BCUT2D eigenvalue weighted by molar-refractivity contribution is 0.0243. The Morgan fingerprint density at radius 3 is 2.96 bits per heavy atom. The zero-order chi connectivity index (χ0) is 18.4. The minimum Gasteiger partial charge on any atom is -0.497 e. The van der Waals surface area contributed by atoms with Crippen LogP contribution in [0.1, 0.15) is 26.2 Å². The fraction of sp³-hybridized carbons (Fsp3) is 0.650. The smallest absolute Gasteiger partial charge is 0.191 e. The molecule has 152 valence electrons. The van der Waals surface area contributed by atoms with Gasteiger partial charge in [-0.1, -0.05) is 6.07 Å². The molecule has 2 aliphatic heterocycles. The van der Waals surface area contributed by atoms with Crippen LogP contribution in [-0.4, -0.2) is 58.5 Å². The quantitative estimate of drug-likeness (QED) is 0.367. The van der Waals surface area contributed by atoms with Crippen molar-refractivity contribution in [2.24, 2.45) is 10.9 Å². The lowest BCUT2D eigenvalue weighted by atomic mass is 10.0. The first-order chi connectivity index (χ1) is 12.6. The number of aliphatic imine (C=N–C) groups is 1. The van der Waals surface area contributed by atoms with Crippen molar-refractivity contribution < 1.29 is 9.47 Å². The molecular weight excluding hydrogens is 455 g/mol. The number of nitrogens with zero attached hydrogens (tertiary/aromatic N) is 2. The normalized spacial score (nSPS) is 25.2. The van der Waals surface area contributed by atoms with Crippen molar-refractivity contribution in [2.45, 2.75) is 31.8 Å². The summed E-state index contributed by atoms with van der Waals surface area (Å²) in [7, 11) is 3.54. The number of benzene rings is 1. The zero-order valence-electron chi connectivity index (χ0n) is 16.7. The standard InChI is InChI=1S/C20H32N4O2.HI/c1-20(9-5-11-26-20)15-23-19(21-2)22-13-16-8-10-24(14-16)17-6-4-7-18(12-17)25-3;/h4,6-7,12,16H,5,8-11,13-15H2,1-3H3,(H2,21,22,23);1H. The van der Waals surface area contributed by atoms with Crippen LogP contribution in [0.5, 0.6) is 5.75 Å². The van der Waals surface area contributed by atoms with E-state index in [1.54, 1.807) is 7.11 Å². The van der Waals surface area contributed by atoms with Crippen LogP contribution in [0, 0.1) is 5.92 Å². The molecule has 1 aromatic carbocycles. The molecule has 2 aliphatic rings. The summed E-state index contributed by atoms with van der Waals surface area (Å²) in [6.45, 7) is 6.90. The average Bonchev–Trinajstić information content (AvgIpc) is 3.31. The highest BCUT2D eigenvalue weighted by Crippen LogP contribution is 2.26. The highest BCUT2D eigenvalue weighted by atomic mass is 127. The number of hydrogen-bond acceptors (Lipinski definition) is 4. The van der Waals surface area contributed by atoms with E-state index in [1.165, 1.54) is 12.1 Å². The van der Waals surface area contributed by atoms with Crippen LogP contribution in [0.4, 0.5) is 5.69 Å². The molecule has 0 bridgehead atoms. The third-order valence-electron chi connectivity index (χ3n) is 5.42. The lowest BCUT2D eigenvalue weighted by Gasteiger charge is -2.25. The van der Waals surface area contributed by atoms with Crippen LogP contribution in [0.25, 0.3) is 0 Å². The van der Waals surface area contributed by atoms with Crippen molar-refractivity contribution in [2.75, 3.05) is 51.8 Å². The van der Waals surface area contributed by atoms with Crippen molar-refractivity contribution in [3.63, 3.8) is 0 Å². The fourth-order valence-corrected chi connectivity index (χ4v) is 3.75. The number of nitrogens with one attached hydrogen (secondary N) is 2. The third kappa shape index (κ3) is 6.14. The van der Waals surface area contributed by atoms with E-state index in [-0.39, 0.29) is 29.6 Å². The molecular formula is C20H33IN4O2. The lowest BCUT2D eigenvalue weighted by Crippen LogP contribution is -2.46. The molecule has 0 aromatic heterocycles. The minimum atomic E-state index is -0.0614. The Labute approximate surface area is 180 Å². The molecule has 1 aromatic rings. The van der Waals surface area contributed by atoms with Gasteiger partial charge in [0.05, 0.1) is 12.7 Å². The first kappa shape index (κ1) is 22.1. The molecule has 0 spiro atoms. The summed E-state index contributed by atoms with van der Waals surface area (Å²) in [4.78, 5) is 6.78. The summed E-state index contributed by atoms with van der Waals surface area (Å²) < 4.78 is 11.2. The summed E-state index contributed by atoms with van der Waals surface area (Å²) in [5.41, 5.74) is 1.18. The van der Waals surface area contributed by atoms with Gasteiger partial charge in [-0.25, -0.2) is 0 Å². The van der Waals surface area contributed by atoms with Gasteiger partial charge in [0.15, 0.2) is 5.96 Å². The van der Waals surface area contributed by atoms with Crippen LogP contribution in [0.15, 0.2) is 29.3 Å². The number of guanidine groups is 1. The SMILES string of the molecule is CN=C(NCC1CCN(c2cccc(OC)c2)C1)NCC1(C)CCCO1.I. The molecule has 0 radical (unpaired) electrons. The molecule has 3 rings (SSSR count). The van der Waals surface area contributed by atoms with Gasteiger partial charge in [0, 0.05) is 51.6 Å². The van der Waals surface area contributed by atoms with Gasteiger partial charge in [0.2, 0.25) is 0 Å². The monoisotopic (exact) mass is 488 g/mol. The Balaban J connectivity index is 0.00000261. The largest absolute Gasteiger partial charge is 0.497 e. The summed E-state index contributed by atoms with van der Waals surface area (Å²) in [5.74, 6) is 2.39. The summed E-state index contributed by atoms with van der Waals surface area (Å²) in [5, 5.41) is 6.90. The number of rotatable bonds is 6. The van der Waals surface area contributed by atoms with Crippen LogP contribution in [0.3, 0.4) is 0 Å². The van der Waals surface area contributed by atoms with Crippen LogP contribution < -0.4 is 20.3 Å². The van der Waals surface area contributed by atoms with E-state index in [0.717, 1.165) is 57.3 Å². The maximum atomic E-state index is 5.83. The second kappa shape index (κ2) is 10.4. The fourth-order valence-electron chi connectivity index (χ4n) is 3.75. The van der Waals surface area contributed by atoms with E-state index in [2.05, 4.69) is 45.6 Å². The summed E-state index contributed by atoms with van der Waals surface area (Å²) in [6.07, 6.45) is 3.43. The van der Waals surface area contributed by atoms with E-state index in [9.17, 15) is 0 Å². The summed E-state index contributed by atoms with van der Waals surface area (Å²) in [6, 6.07) is 8.31. The van der Waals surface area contributed by atoms with Crippen molar-refractivity contribution in [1.82, 2.24) is 10.6 Å². The Hall–Kier alpha value is -1.22. The van der Waals surface area contributed by atoms with E-state index in [4.69, 9.17) is 9.47 Å². The number of methoxy groups -OCH3 is 1. The van der Waals surface area contributed by atoms with Gasteiger partial charge in [-0.2, -0.15) is 0 Å². The molecule has 0 saturated carbocycles. The molecule has 0 amide bonds. The predicted molar refractivity (Wildman–Crippen MR) is 122 cm³/mol. The van der Waals surface area contributed by atoms with Gasteiger partial charge < -0.3 is 25.0 Å². The highest BCUT2D eigenvalue weighted by Gasteiger charge is 2.30.